The monoisotopic (exact) mass is 405 g/mol. The molecule has 1 unspecified atom stereocenters. The van der Waals surface area contributed by atoms with Crippen LogP contribution in [0.1, 0.15) is 54.2 Å². The van der Waals surface area contributed by atoms with Crippen LogP contribution in [0.25, 0.3) is 5.57 Å². The summed E-state index contributed by atoms with van der Waals surface area (Å²) in [6.45, 7) is 10.1. The molecule has 0 spiro atoms. The number of pyridine rings is 1. The van der Waals surface area contributed by atoms with E-state index in [1.807, 2.05) is 45.0 Å². The standard InChI is InChI=1S/C15H18OS.C5H5N.C2H6.CH3Cl/c1-10-12(3)17-15(14(10)11(2)16)13-8-6-4-5-7-9-13;1-2-4-6-5-3-1;2*1-2/h4-8,11,16H,9H2,1-3H3;1-5H;1-2H3;1H3. The number of aliphatic hydroxyl groups is 1. The van der Waals surface area contributed by atoms with Gasteiger partial charge in [0.2, 0.25) is 0 Å². The topological polar surface area (TPSA) is 33.1 Å². The molecule has 0 saturated carbocycles. The smallest absolute Gasteiger partial charge is 0.0778 e. The molecule has 2 aromatic heterocycles. The van der Waals surface area contributed by atoms with Gasteiger partial charge in [-0.1, -0.05) is 50.3 Å². The second-order valence-corrected chi connectivity index (χ2v) is 6.66. The molecule has 1 aliphatic carbocycles. The van der Waals surface area contributed by atoms with Crippen LogP contribution < -0.4 is 0 Å². The summed E-state index contributed by atoms with van der Waals surface area (Å²) >= 11 is 6.43. The van der Waals surface area contributed by atoms with E-state index in [4.69, 9.17) is 0 Å². The van der Waals surface area contributed by atoms with E-state index in [0.29, 0.717) is 0 Å². The molecule has 2 heterocycles. The molecule has 3 rings (SSSR count). The zero-order chi connectivity index (χ0) is 20.7. The predicted octanol–water partition coefficient (Wildman–Crippen LogP) is 7.28. The minimum absolute atomic E-state index is 0.396. The van der Waals surface area contributed by atoms with Crippen LogP contribution >= 0.6 is 22.9 Å². The third-order valence-corrected chi connectivity index (χ3v) is 5.00. The van der Waals surface area contributed by atoms with Gasteiger partial charge in [-0.2, -0.15) is 0 Å². The van der Waals surface area contributed by atoms with E-state index in [0.717, 1.165) is 12.0 Å². The normalized spacial score (nSPS) is 12.8. The number of aromatic nitrogens is 1. The number of hydrogen-bond donors (Lipinski definition) is 1. The van der Waals surface area contributed by atoms with Crippen LogP contribution in [0.2, 0.25) is 0 Å². The molecule has 148 valence electrons. The molecule has 4 heteroatoms. The van der Waals surface area contributed by atoms with Gasteiger partial charge in [-0.3, -0.25) is 4.98 Å². The molecule has 0 amide bonds. The molecule has 2 aromatic rings. The van der Waals surface area contributed by atoms with Gasteiger partial charge in [-0.15, -0.1) is 22.9 Å². The summed E-state index contributed by atoms with van der Waals surface area (Å²) < 4.78 is 0. The maximum Gasteiger partial charge on any atom is 0.0778 e. The summed E-state index contributed by atoms with van der Waals surface area (Å²) in [4.78, 5) is 6.33. The Morgan fingerprint density at radius 3 is 2.15 bits per heavy atom. The highest BCUT2D eigenvalue weighted by atomic mass is 35.5. The van der Waals surface area contributed by atoms with Crippen molar-refractivity contribution >= 4 is 28.5 Å². The highest BCUT2D eigenvalue weighted by molar-refractivity contribution is 7.13. The lowest BCUT2D eigenvalue weighted by Gasteiger charge is -2.10. The Balaban J connectivity index is 0.000000563. The fourth-order valence-electron chi connectivity index (χ4n) is 2.44. The Morgan fingerprint density at radius 2 is 1.67 bits per heavy atom. The quantitative estimate of drug-likeness (QED) is 0.532. The first-order chi connectivity index (χ1) is 13.1. The van der Waals surface area contributed by atoms with E-state index in [9.17, 15) is 5.11 Å². The van der Waals surface area contributed by atoms with Gasteiger partial charge in [0.15, 0.2) is 0 Å². The number of nitrogens with zero attached hydrogens (tertiary/aromatic N) is 1. The molecule has 1 aliphatic rings. The average molecular weight is 406 g/mol. The van der Waals surface area contributed by atoms with Crippen molar-refractivity contribution in [1.82, 2.24) is 4.98 Å². The van der Waals surface area contributed by atoms with E-state index in [2.05, 4.69) is 54.7 Å². The van der Waals surface area contributed by atoms with Crippen molar-refractivity contribution in [2.24, 2.45) is 0 Å². The number of halogens is 1. The van der Waals surface area contributed by atoms with Crippen molar-refractivity contribution in [3.63, 3.8) is 0 Å². The van der Waals surface area contributed by atoms with E-state index < -0.39 is 6.10 Å². The van der Waals surface area contributed by atoms with Crippen LogP contribution in [-0.4, -0.2) is 16.5 Å². The van der Waals surface area contributed by atoms with Crippen LogP contribution in [0.3, 0.4) is 0 Å². The van der Waals surface area contributed by atoms with Gasteiger partial charge in [0.1, 0.15) is 0 Å². The molecular formula is C23H32ClNOS. The summed E-state index contributed by atoms with van der Waals surface area (Å²) in [7, 11) is 0. The van der Waals surface area contributed by atoms with Crippen molar-refractivity contribution in [2.45, 2.75) is 47.1 Å². The van der Waals surface area contributed by atoms with Crippen molar-refractivity contribution in [2.75, 3.05) is 6.38 Å². The number of rotatable bonds is 2. The Morgan fingerprint density at radius 1 is 1.04 bits per heavy atom. The fourth-order valence-corrected chi connectivity index (χ4v) is 3.73. The summed E-state index contributed by atoms with van der Waals surface area (Å²) in [5.41, 5.74) is 3.63. The first kappa shape index (κ1) is 25.3. The molecule has 0 saturated heterocycles. The molecular weight excluding hydrogens is 374 g/mol. The zero-order valence-electron chi connectivity index (χ0n) is 17.2. The zero-order valence-corrected chi connectivity index (χ0v) is 18.8. The van der Waals surface area contributed by atoms with Crippen molar-refractivity contribution in [3.05, 3.63) is 81.9 Å². The highest BCUT2D eigenvalue weighted by Crippen LogP contribution is 2.38. The fraction of sp³-hybridized carbons (Fsp3) is 0.348. The van der Waals surface area contributed by atoms with Crippen LogP contribution in [0.15, 0.2) is 61.0 Å². The minimum atomic E-state index is -0.396. The van der Waals surface area contributed by atoms with Crippen LogP contribution in [0.5, 0.6) is 0 Å². The van der Waals surface area contributed by atoms with Crippen molar-refractivity contribution in [3.8, 4) is 0 Å². The first-order valence-electron chi connectivity index (χ1n) is 9.14. The molecule has 0 aromatic carbocycles. The molecule has 1 atom stereocenters. The third-order valence-electron chi connectivity index (χ3n) is 3.70. The summed E-state index contributed by atoms with van der Waals surface area (Å²) in [6, 6.07) is 5.72. The Hall–Kier alpha value is -1.68. The van der Waals surface area contributed by atoms with Gasteiger partial charge in [0.25, 0.3) is 0 Å². The SMILES string of the molecule is CC.CCl.Cc1sc(C2=CC=CC=CC2)c(C(C)O)c1C.c1ccncc1. The van der Waals surface area contributed by atoms with Gasteiger partial charge in [0.05, 0.1) is 6.10 Å². The van der Waals surface area contributed by atoms with Crippen LogP contribution in [-0.2, 0) is 0 Å². The number of allylic oxidation sites excluding steroid dienone is 6. The van der Waals surface area contributed by atoms with E-state index in [-0.39, 0.29) is 0 Å². The Labute approximate surface area is 173 Å². The van der Waals surface area contributed by atoms with Crippen LogP contribution in [0.4, 0.5) is 0 Å². The second-order valence-electron chi connectivity index (χ2n) is 5.44. The largest absolute Gasteiger partial charge is 0.389 e. The lowest BCUT2D eigenvalue weighted by atomic mass is 10.00. The van der Waals surface area contributed by atoms with E-state index in [1.165, 1.54) is 27.3 Å². The Kier molecular flexibility index (Phi) is 14.4. The third kappa shape index (κ3) is 8.70. The minimum Gasteiger partial charge on any atom is -0.389 e. The summed E-state index contributed by atoms with van der Waals surface area (Å²) in [5.74, 6) is 0. The van der Waals surface area contributed by atoms with Crippen LogP contribution in [0, 0.1) is 13.8 Å². The van der Waals surface area contributed by atoms with Crippen molar-refractivity contribution in [1.29, 1.82) is 0 Å². The van der Waals surface area contributed by atoms with Crippen molar-refractivity contribution < 1.29 is 5.11 Å². The second kappa shape index (κ2) is 15.4. The number of alkyl halides is 1. The van der Waals surface area contributed by atoms with Gasteiger partial charge in [0, 0.05) is 34.1 Å². The van der Waals surface area contributed by atoms with Gasteiger partial charge < -0.3 is 5.11 Å². The molecule has 1 N–H and O–H groups in total. The number of aryl methyl sites for hydroxylation is 1. The van der Waals surface area contributed by atoms with Gasteiger partial charge in [-0.05, 0) is 50.5 Å². The molecule has 0 aliphatic heterocycles. The summed E-state index contributed by atoms with van der Waals surface area (Å²) in [6.07, 6.45) is 16.0. The molecule has 0 radical (unpaired) electrons. The molecule has 0 bridgehead atoms. The van der Waals surface area contributed by atoms with E-state index in [1.54, 1.807) is 23.7 Å². The Bertz CT molecular complexity index is 689. The summed E-state index contributed by atoms with van der Waals surface area (Å²) in [5, 5.41) is 9.94. The maximum absolute atomic E-state index is 9.94. The van der Waals surface area contributed by atoms with Gasteiger partial charge in [-0.25, -0.2) is 0 Å². The molecule has 2 nitrogen and oxygen atoms in total. The highest BCUT2D eigenvalue weighted by Gasteiger charge is 2.18. The lowest BCUT2D eigenvalue weighted by Crippen LogP contribution is -1.96. The molecule has 27 heavy (non-hydrogen) atoms. The van der Waals surface area contributed by atoms with E-state index >= 15 is 0 Å². The number of hydrogen-bond acceptors (Lipinski definition) is 3. The number of thiophene rings is 1. The lowest BCUT2D eigenvalue weighted by molar-refractivity contribution is 0.199. The first-order valence-corrected chi connectivity index (χ1v) is 10.7. The molecule has 0 fully saturated rings. The van der Waals surface area contributed by atoms with Gasteiger partial charge >= 0.3 is 0 Å². The average Bonchev–Trinajstić information content (AvgIpc) is 2.89. The number of aliphatic hydroxyl groups excluding tert-OH is 1. The predicted molar refractivity (Wildman–Crippen MR) is 123 cm³/mol. The maximum atomic E-state index is 9.94.